The van der Waals surface area contributed by atoms with Crippen LogP contribution in [0, 0.1) is 17.1 Å². The first-order valence-electron chi connectivity index (χ1n) is 9.45. The average Bonchev–Trinajstić information content (AvgIpc) is 2.72. The van der Waals surface area contributed by atoms with Crippen LogP contribution in [0.5, 0.6) is 0 Å². The van der Waals surface area contributed by atoms with Gasteiger partial charge in [-0.3, -0.25) is 9.69 Å². The van der Waals surface area contributed by atoms with Crippen LogP contribution in [-0.4, -0.2) is 47.9 Å². The summed E-state index contributed by atoms with van der Waals surface area (Å²) in [7, 11) is 0. The number of nitrogens with zero attached hydrogens (tertiary/aromatic N) is 3. The summed E-state index contributed by atoms with van der Waals surface area (Å²) in [6, 6.07) is 14.9. The lowest BCUT2D eigenvalue weighted by Crippen LogP contribution is -2.53. The lowest BCUT2D eigenvalue weighted by atomic mass is 9.87. The number of hydrogen-bond acceptors (Lipinski definition) is 3. The van der Waals surface area contributed by atoms with Gasteiger partial charge in [0.25, 0.3) is 5.91 Å². The van der Waals surface area contributed by atoms with Gasteiger partial charge in [-0.05, 0) is 48.6 Å². The van der Waals surface area contributed by atoms with Gasteiger partial charge >= 0.3 is 0 Å². The zero-order valence-electron chi connectivity index (χ0n) is 15.2. The van der Waals surface area contributed by atoms with E-state index in [9.17, 15) is 9.18 Å². The van der Waals surface area contributed by atoms with E-state index in [-0.39, 0.29) is 17.0 Å². The third-order valence-corrected chi connectivity index (χ3v) is 5.71. The standard InChI is InChI=1S/C22H22FN3O/c23-20-12-16(15-24)11-19(13-20)22(27)26-9-7-25(8-10-26)21-6-5-17-3-1-2-4-18(17)14-21/h1-4,11-13,21H,5-10,14H2. The molecular weight excluding hydrogens is 341 g/mol. The number of fused-ring (bicyclic) bond motifs is 1. The summed E-state index contributed by atoms with van der Waals surface area (Å²) in [4.78, 5) is 16.9. The third-order valence-electron chi connectivity index (χ3n) is 5.71. The van der Waals surface area contributed by atoms with E-state index >= 15 is 0 Å². The lowest BCUT2D eigenvalue weighted by molar-refractivity contribution is 0.0552. The van der Waals surface area contributed by atoms with Crippen LogP contribution in [0.3, 0.4) is 0 Å². The highest BCUT2D eigenvalue weighted by atomic mass is 19.1. The van der Waals surface area contributed by atoms with Crippen molar-refractivity contribution < 1.29 is 9.18 Å². The molecule has 1 saturated heterocycles. The summed E-state index contributed by atoms with van der Waals surface area (Å²) >= 11 is 0. The minimum atomic E-state index is -0.545. The van der Waals surface area contributed by atoms with Crippen molar-refractivity contribution in [2.45, 2.75) is 25.3 Å². The van der Waals surface area contributed by atoms with Crippen molar-refractivity contribution in [1.82, 2.24) is 9.80 Å². The van der Waals surface area contributed by atoms with Crippen molar-refractivity contribution >= 4 is 5.91 Å². The van der Waals surface area contributed by atoms with Crippen LogP contribution < -0.4 is 0 Å². The van der Waals surface area contributed by atoms with Crippen molar-refractivity contribution in [3.63, 3.8) is 0 Å². The average molecular weight is 363 g/mol. The summed E-state index contributed by atoms with van der Waals surface area (Å²) < 4.78 is 13.6. The molecule has 1 aliphatic carbocycles. The van der Waals surface area contributed by atoms with Gasteiger partial charge in [-0.1, -0.05) is 24.3 Å². The summed E-state index contributed by atoms with van der Waals surface area (Å²) in [5.41, 5.74) is 3.34. The largest absolute Gasteiger partial charge is 0.336 e. The second-order valence-corrected chi connectivity index (χ2v) is 7.33. The Balaban J connectivity index is 1.39. The molecule has 1 unspecified atom stereocenters. The summed E-state index contributed by atoms with van der Waals surface area (Å²) in [6.45, 7) is 2.93. The zero-order chi connectivity index (χ0) is 18.8. The van der Waals surface area contributed by atoms with E-state index in [1.807, 2.05) is 6.07 Å². The molecule has 138 valence electrons. The van der Waals surface area contributed by atoms with Gasteiger partial charge in [0.05, 0.1) is 11.6 Å². The molecule has 1 aliphatic heterocycles. The fourth-order valence-corrected chi connectivity index (χ4v) is 4.24. The van der Waals surface area contributed by atoms with Gasteiger partial charge in [-0.15, -0.1) is 0 Å². The van der Waals surface area contributed by atoms with Gasteiger partial charge in [0, 0.05) is 37.8 Å². The second kappa shape index (κ2) is 7.50. The molecule has 0 aromatic heterocycles. The van der Waals surface area contributed by atoms with Crippen LogP contribution in [-0.2, 0) is 12.8 Å². The molecule has 1 fully saturated rings. The Labute approximate surface area is 158 Å². The minimum absolute atomic E-state index is 0.179. The first-order chi connectivity index (χ1) is 13.1. The van der Waals surface area contributed by atoms with Gasteiger partial charge < -0.3 is 4.90 Å². The fourth-order valence-electron chi connectivity index (χ4n) is 4.24. The lowest BCUT2D eigenvalue weighted by Gasteiger charge is -2.41. The topological polar surface area (TPSA) is 47.3 Å². The van der Waals surface area contributed by atoms with Crippen molar-refractivity contribution in [3.8, 4) is 6.07 Å². The molecule has 1 heterocycles. The number of hydrogen-bond donors (Lipinski definition) is 0. The summed E-state index contributed by atoms with van der Waals surface area (Å²) in [5, 5.41) is 8.98. The molecule has 4 nitrogen and oxygen atoms in total. The SMILES string of the molecule is N#Cc1cc(F)cc(C(=O)N2CCN(C3CCc4ccccc4C3)CC2)c1. The van der Waals surface area contributed by atoms with Crippen LogP contribution in [0.2, 0.25) is 0 Å². The smallest absolute Gasteiger partial charge is 0.254 e. The Morgan fingerprint density at radius 2 is 1.81 bits per heavy atom. The Morgan fingerprint density at radius 1 is 1.07 bits per heavy atom. The number of amides is 1. The normalized spacial score (nSPS) is 20.0. The number of piperazine rings is 1. The molecule has 0 spiro atoms. The van der Waals surface area contributed by atoms with Gasteiger partial charge in [0.15, 0.2) is 0 Å². The number of carbonyl (C=O) groups is 1. The predicted octanol–water partition coefficient (Wildman–Crippen LogP) is 3.01. The summed E-state index contributed by atoms with van der Waals surface area (Å²) in [5.74, 6) is -0.739. The molecule has 1 amide bonds. The highest BCUT2D eigenvalue weighted by Crippen LogP contribution is 2.25. The van der Waals surface area contributed by atoms with Crippen LogP contribution in [0.4, 0.5) is 4.39 Å². The molecule has 2 aromatic carbocycles. The van der Waals surface area contributed by atoms with Crippen LogP contribution in [0.1, 0.15) is 33.5 Å². The van der Waals surface area contributed by atoms with E-state index in [2.05, 4.69) is 29.2 Å². The number of benzene rings is 2. The number of halogens is 1. The monoisotopic (exact) mass is 363 g/mol. The molecule has 0 bridgehead atoms. The molecule has 4 rings (SSSR count). The minimum Gasteiger partial charge on any atom is -0.336 e. The van der Waals surface area contributed by atoms with Crippen LogP contribution >= 0.6 is 0 Å². The van der Waals surface area contributed by atoms with E-state index in [0.717, 1.165) is 38.4 Å². The number of aryl methyl sites for hydroxylation is 1. The number of nitriles is 1. The van der Waals surface area contributed by atoms with Gasteiger partial charge in [0.2, 0.25) is 0 Å². The highest BCUT2D eigenvalue weighted by Gasteiger charge is 2.29. The second-order valence-electron chi connectivity index (χ2n) is 7.33. The molecule has 2 aliphatic rings. The van der Waals surface area contributed by atoms with E-state index in [4.69, 9.17) is 5.26 Å². The Kier molecular flexibility index (Phi) is 4.91. The van der Waals surface area contributed by atoms with Crippen LogP contribution in [0.25, 0.3) is 0 Å². The Morgan fingerprint density at radius 3 is 2.56 bits per heavy atom. The van der Waals surface area contributed by atoms with Crippen molar-refractivity contribution in [1.29, 1.82) is 5.26 Å². The first-order valence-corrected chi connectivity index (χ1v) is 9.45. The Bertz CT molecular complexity index is 897. The van der Waals surface area contributed by atoms with E-state index in [1.165, 1.54) is 23.3 Å². The molecule has 0 N–H and O–H groups in total. The maximum absolute atomic E-state index is 13.6. The maximum atomic E-state index is 13.6. The fraction of sp³-hybridized carbons (Fsp3) is 0.364. The molecule has 0 saturated carbocycles. The van der Waals surface area contributed by atoms with E-state index in [0.29, 0.717) is 19.1 Å². The van der Waals surface area contributed by atoms with E-state index < -0.39 is 5.82 Å². The number of rotatable bonds is 2. The molecule has 5 heteroatoms. The van der Waals surface area contributed by atoms with E-state index in [1.54, 1.807) is 4.90 Å². The van der Waals surface area contributed by atoms with Crippen molar-refractivity contribution in [2.24, 2.45) is 0 Å². The van der Waals surface area contributed by atoms with Crippen molar-refractivity contribution in [2.75, 3.05) is 26.2 Å². The molecular formula is C22H22FN3O. The Hall–Kier alpha value is -2.71. The first kappa shape index (κ1) is 17.7. The summed E-state index contributed by atoms with van der Waals surface area (Å²) in [6.07, 6.45) is 3.33. The van der Waals surface area contributed by atoms with Gasteiger partial charge in [-0.25, -0.2) is 4.39 Å². The maximum Gasteiger partial charge on any atom is 0.254 e. The molecule has 2 aromatic rings. The third kappa shape index (κ3) is 3.72. The van der Waals surface area contributed by atoms with Crippen molar-refractivity contribution in [3.05, 3.63) is 70.5 Å². The molecule has 27 heavy (non-hydrogen) atoms. The molecule has 0 radical (unpaired) electrons. The van der Waals surface area contributed by atoms with Gasteiger partial charge in [0.1, 0.15) is 5.82 Å². The van der Waals surface area contributed by atoms with Gasteiger partial charge in [-0.2, -0.15) is 5.26 Å². The zero-order valence-corrected chi connectivity index (χ0v) is 15.2. The van der Waals surface area contributed by atoms with Crippen LogP contribution in [0.15, 0.2) is 42.5 Å². The number of carbonyl (C=O) groups excluding carboxylic acids is 1. The quantitative estimate of drug-likeness (QED) is 0.824. The highest BCUT2D eigenvalue weighted by molar-refractivity contribution is 5.94. The molecule has 1 atom stereocenters. The predicted molar refractivity (Wildman–Crippen MR) is 101 cm³/mol.